The summed E-state index contributed by atoms with van der Waals surface area (Å²) in [7, 11) is 0. The normalized spacial score (nSPS) is 17.0. The van der Waals surface area contributed by atoms with Crippen LogP contribution in [0.3, 0.4) is 0 Å². The highest BCUT2D eigenvalue weighted by atomic mass is 35.5. The van der Waals surface area contributed by atoms with Crippen molar-refractivity contribution in [2.45, 2.75) is 26.2 Å². The number of carbonyl (C=O) groups is 1. The average molecular weight is 386 g/mol. The van der Waals surface area contributed by atoms with Gasteiger partial charge in [-0.3, -0.25) is 4.79 Å². The van der Waals surface area contributed by atoms with Crippen LogP contribution >= 0.6 is 11.6 Å². The molecule has 1 saturated heterocycles. The molecule has 1 atom stereocenters. The topological polar surface area (TPSA) is 59.2 Å². The van der Waals surface area contributed by atoms with Gasteiger partial charge >= 0.3 is 0 Å². The first-order chi connectivity index (χ1) is 12.9. The molecule has 5 nitrogen and oxygen atoms in total. The van der Waals surface area contributed by atoms with Crippen LogP contribution in [0.25, 0.3) is 11.4 Å². The van der Waals surface area contributed by atoms with Crippen molar-refractivity contribution in [1.82, 2.24) is 10.1 Å². The van der Waals surface area contributed by atoms with E-state index in [-0.39, 0.29) is 16.8 Å². The number of hydrogen-bond acceptors (Lipinski definition) is 4. The zero-order valence-electron chi connectivity index (χ0n) is 14.9. The summed E-state index contributed by atoms with van der Waals surface area (Å²) in [6.45, 7) is 4.46. The van der Waals surface area contributed by atoms with E-state index in [4.69, 9.17) is 16.1 Å². The Bertz CT molecular complexity index is 1030. The summed E-state index contributed by atoms with van der Waals surface area (Å²) < 4.78 is 18.7. The summed E-state index contributed by atoms with van der Waals surface area (Å²) in [6.07, 6.45) is 0.305. The predicted molar refractivity (Wildman–Crippen MR) is 100 cm³/mol. The van der Waals surface area contributed by atoms with Gasteiger partial charge in [0, 0.05) is 24.2 Å². The van der Waals surface area contributed by atoms with Gasteiger partial charge in [0.2, 0.25) is 17.6 Å². The van der Waals surface area contributed by atoms with E-state index in [1.54, 1.807) is 4.90 Å². The maximum atomic E-state index is 13.3. The molecule has 138 valence electrons. The van der Waals surface area contributed by atoms with Gasteiger partial charge < -0.3 is 9.42 Å². The number of carbonyl (C=O) groups excluding carboxylic acids is 1. The SMILES string of the molecule is Cc1ccc(C)c(N2CC(c3nc(-c4ccc(F)c(Cl)c4)no3)CC2=O)c1. The van der Waals surface area contributed by atoms with E-state index in [0.29, 0.717) is 30.2 Å². The summed E-state index contributed by atoms with van der Waals surface area (Å²) in [5, 5.41) is 3.96. The van der Waals surface area contributed by atoms with Crippen molar-refractivity contribution < 1.29 is 13.7 Å². The standard InChI is InChI=1S/C20H17ClFN3O2/c1-11-3-4-12(2)17(7-11)25-10-14(9-18(25)26)20-23-19(24-27-20)13-5-6-16(22)15(21)8-13/h3-8,14H,9-10H2,1-2H3. The Hall–Kier alpha value is -2.73. The van der Waals surface area contributed by atoms with E-state index < -0.39 is 5.82 Å². The molecule has 0 saturated carbocycles. The number of benzene rings is 2. The molecule has 27 heavy (non-hydrogen) atoms. The van der Waals surface area contributed by atoms with Crippen LogP contribution in [0.4, 0.5) is 10.1 Å². The molecule has 0 aliphatic carbocycles. The van der Waals surface area contributed by atoms with Gasteiger partial charge in [-0.2, -0.15) is 4.98 Å². The Morgan fingerprint density at radius 2 is 2.04 bits per heavy atom. The van der Waals surface area contributed by atoms with Gasteiger partial charge in [-0.05, 0) is 49.2 Å². The lowest BCUT2D eigenvalue weighted by atomic mass is 10.1. The largest absolute Gasteiger partial charge is 0.339 e. The third-order valence-corrected chi connectivity index (χ3v) is 5.04. The predicted octanol–water partition coefficient (Wildman–Crippen LogP) is 4.67. The van der Waals surface area contributed by atoms with Crippen molar-refractivity contribution in [1.29, 1.82) is 0 Å². The van der Waals surface area contributed by atoms with Crippen LogP contribution in [0.5, 0.6) is 0 Å². The molecule has 0 spiro atoms. The molecule has 0 radical (unpaired) electrons. The molecule has 7 heteroatoms. The summed E-state index contributed by atoms with van der Waals surface area (Å²) >= 11 is 5.82. The molecule has 1 aliphatic rings. The van der Waals surface area contributed by atoms with Gasteiger partial charge in [0.1, 0.15) is 5.82 Å². The van der Waals surface area contributed by atoms with Gasteiger partial charge in [-0.25, -0.2) is 4.39 Å². The minimum Gasteiger partial charge on any atom is -0.339 e. The third kappa shape index (κ3) is 3.32. The van der Waals surface area contributed by atoms with E-state index in [2.05, 4.69) is 10.1 Å². The molecular formula is C20H17ClFN3O2. The Balaban J connectivity index is 1.58. The molecule has 3 aromatic rings. The van der Waals surface area contributed by atoms with Crippen molar-refractivity contribution in [3.63, 3.8) is 0 Å². The van der Waals surface area contributed by atoms with Crippen LogP contribution in [0.15, 0.2) is 40.9 Å². The van der Waals surface area contributed by atoms with Crippen LogP contribution in [-0.4, -0.2) is 22.6 Å². The number of hydrogen-bond donors (Lipinski definition) is 0. The highest BCUT2D eigenvalue weighted by molar-refractivity contribution is 6.31. The lowest BCUT2D eigenvalue weighted by Crippen LogP contribution is -2.25. The van der Waals surface area contributed by atoms with Crippen molar-refractivity contribution in [2.24, 2.45) is 0 Å². The zero-order valence-corrected chi connectivity index (χ0v) is 15.6. The van der Waals surface area contributed by atoms with E-state index in [9.17, 15) is 9.18 Å². The lowest BCUT2D eigenvalue weighted by Gasteiger charge is -2.19. The molecule has 0 bridgehead atoms. The second-order valence-corrected chi connectivity index (χ2v) is 7.19. The second kappa shape index (κ2) is 6.78. The van der Waals surface area contributed by atoms with Gasteiger partial charge in [-0.1, -0.05) is 28.9 Å². The highest BCUT2D eigenvalue weighted by Crippen LogP contribution is 2.34. The molecule has 1 amide bonds. The van der Waals surface area contributed by atoms with Crippen LogP contribution in [0.2, 0.25) is 5.02 Å². The van der Waals surface area contributed by atoms with Crippen LogP contribution in [0, 0.1) is 19.7 Å². The van der Waals surface area contributed by atoms with Crippen LogP contribution < -0.4 is 4.90 Å². The Labute approximate surface area is 160 Å². The maximum absolute atomic E-state index is 13.3. The van der Waals surface area contributed by atoms with Crippen molar-refractivity contribution in [3.05, 3.63) is 64.3 Å². The van der Waals surface area contributed by atoms with Crippen molar-refractivity contribution in [2.75, 3.05) is 11.4 Å². The first kappa shape index (κ1) is 17.7. The molecule has 1 aromatic heterocycles. The quantitative estimate of drug-likeness (QED) is 0.657. The first-order valence-corrected chi connectivity index (χ1v) is 8.97. The number of halogens is 2. The minimum atomic E-state index is -0.505. The zero-order chi connectivity index (χ0) is 19.1. The fourth-order valence-corrected chi connectivity index (χ4v) is 3.45. The van der Waals surface area contributed by atoms with E-state index in [1.165, 1.54) is 18.2 Å². The number of aryl methyl sites for hydroxylation is 2. The molecule has 2 heterocycles. The monoisotopic (exact) mass is 385 g/mol. The molecular weight excluding hydrogens is 369 g/mol. The maximum Gasteiger partial charge on any atom is 0.232 e. The average Bonchev–Trinajstić information content (AvgIpc) is 3.26. The molecule has 1 fully saturated rings. The van der Waals surface area contributed by atoms with Gasteiger partial charge in [0.25, 0.3) is 0 Å². The first-order valence-electron chi connectivity index (χ1n) is 8.59. The van der Waals surface area contributed by atoms with Gasteiger partial charge in [0.15, 0.2) is 0 Å². The van der Waals surface area contributed by atoms with E-state index in [1.807, 2.05) is 32.0 Å². The summed E-state index contributed by atoms with van der Waals surface area (Å²) in [5.41, 5.74) is 3.61. The molecule has 1 unspecified atom stereocenters. The molecule has 0 N–H and O–H groups in total. The van der Waals surface area contributed by atoms with Crippen molar-refractivity contribution >= 4 is 23.2 Å². The Morgan fingerprint density at radius 3 is 2.81 bits per heavy atom. The number of amides is 1. The minimum absolute atomic E-state index is 0.00371. The second-order valence-electron chi connectivity index (χ2n) is 6.78. The van der Waals surface area contributed by atoms with E-state index >= 15 is 0 Å². The number of aromatic nitrogens is 2. The summed E-state index contributed by atoms with van der Waals surface area (Å²) in [5.74, 6) is 0.0543. The van der Waals surface area contributed by atoms with Crippen LogP contribution in [-0.2, 0) is 4.79 Å². The lowest BCUT2D eigenvalue weighted by molar-refractivity contribution is -0.117. The number of nitrogens with zero attached hydrogens (tertiary/aromatic N) is 3. The molecule has 1 aliphatic heterocycles. The fraction of sp³-hybridized carbons (Fsp3) is 0.250. The summed E-state index contributed by atoms with van der Waals surface area (Å²) in [4.78, 5) is 18.7. The smallest absolute Gasteiger partial charge is 0.232 e. The highest BCUT2D eigenvalue weighted by Gasteiger charge is 2.35. The third-order valence-electron chi connectivity index (χ3n) is 4.75. The van der Waals surface area contributed by atoms with Gasteiger partial charge in [-0.15, -0.1) is 0 Å². The Morgan fingerprint density at radius 1 is 1.22 bits per heavy atom. The number of rotatable bonds is 3. The fourth-order valence-electron chi connectivity index (χ4n) is 3.27. The van der Waals surface area contributed by atoms with Crippen molar-refractivity contribution in [3.8, 4) is 11.4 Å². The van der Waals surface area contributed by atoms with Gasteiger partial charge in [0.05, 0.1) is 10.9 Å². The molecule has 4 rings (SSSR count). The molecule has 2 aromatic carbocycles. The summed E-state index contributed by atoms with van der Waals surface area (Å²) in [6, 6.07) is 10.3. The van der Waals surface area contributed by atoms with E-state index in [0.717, 1.165) is 16.8 Å². The van der Waals surface area contributed by atoms with Crippen LogP contribution in [0.1, 0.15) is 29.4 Å². The number of anilines is 1. The Kier molecular flexibility index (Phi) is 4.44.